The molecule has 0 spiro atoms. The molecule has 1 fully saturated rings. The average Bonchev–Trinajstić information content (AvgIpc) is 2.39. The fraction of sp³-hybridized carbons (Fsp3) is 0.588. The van der Waals surface area contributed by atoms with Gasteiger partial charge < -0.3 is 15.5 Å². The van der Waals surface area contributed by atoms with Crippen molar-refractivity contribution in [2.45, 2.75) is 46.2 Å². The number of benzene rings is 1. The third kappa shape index (κ3) is 3.97. The summed E-state index contributed by atoms with van der Waals surface area (Å²) in [7, 11) is 2.20. The summed E-state index contributed by atoms with van der Waals surface area (Å²) in [6, 6.07) is 7.25. The molecule has 4 heteroatoms. The van der Waals surface area contributed by atoms with Gasteiger partial charge in [-0.05, 0) is 57.0 Å². The summed E-state index contributed by atoms with van der Waals surface area (Å²) in [4.78, 5) is 13.6. The van der Waals surface area contributed by atoms with E-state index in [9.17, 15) is 4.79 Å². The van der Waals surface area contributed by atoms with Crippen molar-refractivity contribution in [3.63, 3.8) is 0 Å². The van der Waals surface area contributed by atoms with Crippen LogP contribution in [0.3, 0.4) is 0 Å². The number of anilines is 2. The minimum Gasteiger partial charge on any atom is -0.382 e. The van der Waals surface area contributed by atoms with Crippen molar-refractivity contribution in [1.82, 2.24) is 4.90 Å². The predicted molar refractivity (Wildman–Crippen MR) is 88.8 cm³/mol. The molecule has 0 radical (unpaired) electrons. The number of carbonyl (C=O) groups is 1. The monoisotopic (exact) mass is 289 g/mol. The summed E-state index contributed by atoms with van der Waals surface area (Å²) in [5.41, 5.74) is 3.11. The van der Waals surface area contributed by atoms with E-state index in [4.69, 9.17) is 0 Å². The zero-order chi connectivity index (χ0) is 15.6. The van der Waals surface area contributed by atoms with Gasteiger partial charge in [0.15, 0.2) is 0 Å². The molecule has 2 rings (SSSR count). The SMILES string of the molecule is CC(=O)Nc1ccc(NC2CC(C)N(C)CC2C)cc1C. The van der Waals surface area contributed by atoms with Crippen LogP contribution in [0.25, 0.3) is 0 Å². The Morgan fingerprint density at radius 3 is 2.67 bits per heavy atom. The maximum absolute atomic E-state index is 11.1. The number of hydrogen-bond acceptors (Lipinski definition) is 3. The minimum atomic E-state index is -0.0310. The lowest BCUT2D eigenvalue weighted by atomic mass is 9.89. The number of piperidine rings is 1. The minimum absolute atomic E-state index is 0.0310. The largest absolute Gasteiger partial charge is 0.382 e. The molecule has 0 aliphatic carbocycles. The van der Waals surface area contributed by atoms with Crippen LogP contribution < -0.4 is 10.6 Å². The van der Waals surface area contributed by atoms with Gasteiger partial charge in [0.2, 0.25) is 5.91 Å². The molecule has 116 valence electrons. The second-order valence-electron chi connectivity index (χ2n) is 6.46. The molecule has 1 aliphatic rings. The summed E-state index contributed by atoms with van der Waals surface area (Å²) in [5, 5.41) is 6.52. The number of rotatable bonds is 3. The topological polar surface area (TPSA) is 44.4 Å². The molecule has 1 aliphatic heterocycles. The Labute approximate surface area is 127 Å². The molecular formula is C17H27N3O. The van der Waals surface area contributed by atoms with Crippen LogP contribution in [-0.2, 0) is 4.79 Å². The Morgan fingerprint density at radius 1 is 1.33 bits per heavy atom. The van der Waals surface area contributed by atoms with Crippen LogP contribution >= 0.6 is 0 Å². The van der Waals surface area contributed by atoms with Gasteiger partial charge in [0.05, 0.1) is 0 Å². The average molecular weight is 289 g/mol. The fourth-order valence-corrected chi connectivity index (χ4v) is 3.04. The summed E-state index contributed by atoms with van der Waals surface area (Å²) in [6.45, 7) is 9.27. The van der Waals surface area contributed by atoms with Gasteiger partial charge in [-0.1, -0.05) is 6.92 Å². The molecule has 0 aromatic heterocycles. The smallest absolute Gasteiger partial charge is 0.221 e. The lowest BCUT2D eigenvalue weighted by molar-refractivity contribution is -0.114. The van der Waals surface area contributed by atoms with Crippen molar-refractivity contribution in [3.05, 3.63) is 23.8 Å². The zero-order valence-corrected chi connectivity index (χ0v) is 13.7. The Morgan fingerprint density at radius 2 is 2.05 bits per heavy atom. The molecule has 1 saturated heterocycles. The van der Waals surface area contributed by atoms with E-state index in [2.05, 4.69) is 42.5 Å². The molecule has 4 nitrogen and oxygen atoms in total. The lowest BCUT2D eigenvalue weighted by Crippen LogP contribution is -2.48. The molecule has 1 aromatic rings. The van der Waals surface area contributed by atoms with Crippen LogP contribution in [0.2, 0.25) is 0 Å². The van der Waals surface area contributed by atoms with Crippen molar-refractivity contribution < 1.29 is 4.79 Å². The van der Waals surface area contributed by atoms with E-state index in [1.54, 1.807) is 0 Å². The van der Waals surface area contributed by atoms with Gasteiger partial charge in [0, 0.05) is 36.9 Å². The molecule has 21 heavy (non-hydrogen) atoms. The molecule has 1 heterocycles. The number of aryl methyl sites for hydroxylation is 1. The number of nitrogens with zero attached hydrogens (tertiary/aromatic N) is 1. The lowest BCUT2D eigenvalue weighted by Gasteiger charge is -2.40. The number of nitrogens with one attached hydrogen (secondary N) is 2. The molecule has 1 aromatic carbocycles. The third-order valence-corrected chi connectivity index (χ3v) is 4.50. The van der Waals surface area contributed by atoms with E-state index in [1.165, 1.54) is 6.92 Å². The van der Waals surface area contributed by atoms with Crippen LogP contribution in [0, 0.1) is 12.8 Å². The van der Waals surface area contributed by atoms with Crippen LogP contribution in [-0.4, -0.2) is 36.5 Å². The first-order valence-electron chi connectivity index (χ1n) is 7.72. The first-order valence-corrected chi connectivity index (χ1v) is 7.72. The van der Waals surface area contributed by atoms with E-state index in [0.717, 1.165) is 29.9 Å². The standard InChI is InChI=1S/C17H27N3O/c1-11-8-15(6-7-16(11)18-14(4)21)19-17-9-13(3)20(5)10-12(17)2/h6-8,12-13,17,19H,9-10H2,1-5H3,(H,18,21). The first kappa shape index (κ1) is 15.8. The summed E-state index contributed by atoms with van der Waals surface area (Å²) in [6.07, 6.45) is 1.16. The van der Waals surface area contributed by atoms with Gasteiger partial charge in [-0.2, -0.15) is 0 Å². The maximum atomic E-state index is 11.1. The molecule has 0 saturated carbocycles. The molecule has 1 amide bonds. The first-order chi connectivity index (χ1) is 9.86. The Hall–Kier alpha value is -1.55. The van der Waals surface area contributed by atoms with Crippen LogP contribution in [0.15, 0.2) is 18.2 Å². The zero-order valence-electron chi connectivity index (χ0n) is 13.7. The molecule has 0 bridgehead atoms. The van der Waals surface area contributed by atoms with Crippen molar-refractivity contribution in [1.29, 1.82) is 0 Å². The highest BCUT2D eigenvalue weighted by molar-refractivity contribution is 5.89. The van der Waals surface area contributed by atoms with Gasteiger partial charge in [0.1, 0.15) is 0 Å². The number of hydrogen-bond donors (Lipinski definition) is 2. The highest BCUT2D eigenvalue weighted by atomic mass is 16.1. The normalized spacial score (nSPS) is 26.4. The van der Waals surface area contributed by atoms with Crippen molar-refractivity contribution >= 4 is 17.3 Å². The maximum Gasteiger partial charge on any atom is 0.221 e. The van der Waals surface area contributed by atoms with Gasteiger partial charge in [-0.15, -0.1) is 0 Å². The van der Waals surface area contributed by atoms with E-state index < -0.39 is 0 Å². The van der Waals surface area contributed by atoms with E-state index in [-0.39, 0.29) is 5.91 Å². The quantitative estimate of drug-likeness (QED) is 0.898. The molecular weight excluding hydrogens is 262 g/mol. The van der Waals surface area contributed by atoms with Gasteiger partial charge >= 0.3 is 0 Å². The fourth-order valence-electron chi connectivity index (χ4n) is 3.04. The molecule has 3 unspecified atom stereocenters. The van der Waals surface area contributed by atoms with Gasteiger partial charge in [0.25, 0.3) is 0 Å². The number of amides is 1. The van der Waals surface area contributed by atoms with Gasteiger partial charge in [-0.25, -0.2) is 0 Å². The van der Waals surface area contributed by atoms with Gasteiger partial charge in [-0.3, -0.25) is 4.79 Å². The molecule has 3 atom stereocenters. The van der Waals surface area contributed by atoms with Crippen LogP contribution in [0.1, 0.15) is 32.8 Å². The Bertz CT molecular complexity index is 515. The van der Waals surface area contributed by atoms with E-state index in [0.29, 0.717) is 18.0 Å². The second-order valence-corrected chi connectivity index (χ2v) is 6.46. The van der Waals surface area contributed by atoms with Crippen molar-refractivity contribution in [2.75, 3.05) is 24.2 Å². The summed E-state index contributed by atoms with van der Waals surface area (Å²) < 4.78 is 0. The Balaban J connectivity index is 2.06. The second kappa shape index (κ2) is 6.48. The molecule has 2 N–H and O–H groups in total. The van der Waals surface area contributed by atoms with Crippen molar-refractivity contribution in [3.8, 4) is 0 Å². The van der Waals surface area contributed by atoms with Crippen molar-refractivity contribution in [2.24, 2.45) is 5.92 Å². The third-order valence-electron chi connectivity index (χ3n) is 4.50. The summed E-state index contributed by atoms with van der Waals surface area (Å²) >= 11 is 0. The number of likely N-dealkylation sites (tertiary alicyclic amines) is 1. The highest BCUT2D eigenvalue weighted by Gasteiger charge is 2.28. The Kier molecular flexibility index (Phi) is 4.88. The predicted octanol–water partition coefficient (Wildman–Crippen LogP) is 3.09. The summed E-state index contributed by atoms with van der Waals surface area (Å²) in [5.74, 6) is 0.595. The van der Waals surface area contributed by atoms with Crippen LogP contribution in [0.4, 0.5) is 11.4 Å². The van der Waals surface area contributed by atoms with E-state index >= 15 is 0 Å². The highest BCUT2D eigenvalue weighted by Crippen LogP contribution is 2.26. The van der Waals surface area contributed by atoms with E-state index in [1.807, 2.05) is 19.1 Å². The van der Waals surface area contributed by atoms with Crippen LogP contribution in [0.5, 0.6) is 0 Å². The number of carbonyl (C=O) groups excluding carboxylic acids is 1.